The predicted molar refractivity (Wildman–Crippen MR) is 162 cm³/mol. The first-order chi connectivity index (χ1) is 18.6. The molecular formula is C30H46N4O4S. The van der Waals surface area contributed by atoms with Gasteiger partial charge in [-0.3, -0.25) is 18.2 Å². The molecule has 4 rings (SSSR count). The maximum atomic E-state index is 13.7. The van der Waals surface area contributed by atoms with Gasteiger partial charge in [0.05, 0.1) is 23.6 Å². The van der Waals surface area contributed by atoms with E-state index in [9.17, 15) is 19.0 Å². The molecule has 1 saturated carbocycles. The number of carbonyl (C=O) groups excluding carboxylic acids is 1. The first kappa shape index (κ1) is 29.7. The summed E-state index contributed by atoms with van der Waals surface area (Å²) in [6, 6.07) is 14.8. The predicted octanol–water partition coefficient (Wildman–Crippen LogP) is 5.25. The van der Waals surface area contributed by atoms with Crippen molar-refractivity contribution in [2.75, 3.05) is 35.0 Å². The second-order valence-electron chi connectivity index (χ2n) is 11.3. The molecule has 0 aromatic heterocycles. The molecule has 2 fully saturated rings. The summed E-state index contributed by atoms with van der Waals surface area (Å²) in [6.07, 6.45) is 4.74. The number of nitrogens with one attached hydrogen (secondary N) is 3. The normalized spacial score (nSPS) is 20.5. The van der Waals surface area contributed by atoms with E-state index in [4.69, 9.17) is 0 Å². The van der Waals surface area contributed by atoms with Crippen molar-refractivity contribution in [3.8, 4) is 0 Å². The lowest BCUT2D eigenvalue weighted by Gasteiger charge is -2.47. The zero-order valence-corrected chi connectivity index (χ0v) is 24.3. The number of hydrogen-bond donors (Lipinski definition) is 6. The Bertz CT molecular complexity index is 1090. The third kappa shape index (κ3) is 7.27. The van der Waals surface area contributed by atoms with Crippen molar-refractivity contribution in [1.82, 2.24) is 10.6 Å². The van der Waals surface area contributed by atoms with Crippen molar-refractivity contribution in [1.29, 1.82) is 0 Å². The third-order valence-corrected chi connectivity index (χ3v) is 10.3. The number of amides is 1. The lowest BCUT2D eigenvalue weighted by molar-refractivity contribution is 0.0654. The number of β-amino-alcohol motifs (C(OH)–C–C–N with tert-alkyl or cyclic N) is 1. The van der Waals surface area contributed by atoms with Crippen LogP contribution in [0, 0.1) is 5.92 Å². The van der Waals surface area contributed by atoms with E-state index in [1.165, 1.54) is 6.42 Å². The Morgan fingerprint density at radius 2 is 1.82 bits per heavy atom. The highest BCUT2D eigenvalue weighted by Gasteiger charge is 2.40. The second-order valence-corrected chi connectivity index (χ2v) is 13.4. The fourth-order valence-corrected chi connectivity index (χ4v) is 7.34. The van der Waals surface area contributed by atoms with Gasteiger partial charge in [-0.15, -0.1) is 10.8 Å². The lowest BCUT2D eigenvalue weighted by atomic mass is 9.69. The van der Waals surface area contributed by atoms with Gasteiger partial charge in [0.25, 0.3) is 5.91 Å². The number of rotatable bonds is 12. The van der Waals surface area contributed by atoms with Crippen molar-refractivity contribution < 1.29 is 19.0 Å². The number of benzene rings is 2. The van der Waals surface area contributed by atoms with Gasteiger partial charge in [0.1, 0.15) is 0 Å². The molecule has 1 heterocycles. The highest BCUT2D eigenvalue weighted by atomic mass is 32.3. The van der Waals surface area contributed by atoms with Crippen LogP contribution in [0.3, 0.4) is 0 Å². The van der Waals surface area contributed by atoms with Gasteiger partial charge in [0.15, 0.2) is 0 Å². The maximum Gasteiger partial charge on any atom is 0.251 e. The van der Waals surface area contributed by atoms with Crippen LogP contribution in [-0.4, -0.2) is 63.2 Å². The van der Waals surface area contributed by atoms with Crippen molar-refractivity contribution in [3.63, 3.8) is 0 Å². The van der Waals surface area contributed by atoms with Gasteiger partial charge < -0.3 is 21.1 Å². The number of hydrogen-bond acceptors (Lipinski definition) is 7. The van der Waals surface area contributed by atoms with Gasteiger partial charge in [-0.2, -0.15) is 0 Å². The van der Waals surface area contributed by atoms with Gasteiger partial charge in [-0.25, -0.2) is 0 Å². The van der Waals surface area contributed by atoms with E-state index in [1.807, 2.05) is 43.3 Å². The number of carbonyl (C=O) groups is 1. The van der Waals surface area contributed by atoms with Crippen LogP contribution in [0.15, 0.2) is 48.5 Å². The molecule has 216 valence electrons. The monoisotopic (exact) mass is 558 g/mol. The summed E-state index contributed by atoms with van der Waals surface area (Å²) in [5.74, 6) is 0.498. The number of aliphatic hydroxyl groups excluding tert-OH is 1. The molecule has 2 aliphatic rings. The fourth-order valence-electron chi connectivity index (χ4n) is 5.67. The smallest absolute Gasteiger partial charge is 0.251 e. The van der Waals surface area contributed by atoms with Crippen LogP contribution in [0.4, 0.5) is 11.4 Å². The Balaban J connectivity index is 1.56. The standard InChI is InChI=1S/C30H46N4O4S/c1-4-31-25-18-24(19-26(20-25)34-15-8-9-16-39(34,37)38)29(36)33-27(17-23-11-6-5-7-12-23)28(35)21-32-30(22(2)3)13-10-14-30/h5-7,11-12,18-20,22,27-28,31-32,35,37-38H,4,8-10,13-17,21H2,1-3H3,(H,33,36)/t27-,28+/m0/s1. The largest absolute Gasteiger partial charge is 0.390 e. The Hall–Kier alpha value is -2.30. The summed E-state index contributed by atoms with van der Waals surface area (Å²) < 4.78 is 23.1. The van der Waals surface area contributed by atoms with E-state index in [-0.39, 0.29) is 11.4 Å². The molecule has 0 unspecified atom stereocenters. The van der Waals surface area contributed by atoms with Gasteiger partial charge in [-0.05, 0) is 75.1 Å². The number of aliphatic hydroxyl groups is 1. The van der Waals surface area contributed by atoms with Gasteiger partial charge >= 0.3 is 0 Å². The molecule has 1 aliphatic carbocycles. The average Bonchev–Trinajstić information content (AvgIpc) is 2.87. The van der Waals surface area contributed by atoms with Crippen molar-refractivity contribution >= 4 is 28.1 Å². The molecule has 9 heteroatoms. The zero-order valence-electron chi connectivity index (χ0n) is 23.5. The van der Waals surface area contributed by atoms with E-state index >= 15 is 0 Å². The lowest BCUT2D eigenvalue weighted by Crippen LogP contribution is -2.59. The average molecular weight is 559 g/mol. The minimum Gasteiger partial charge on any atom is -0.390 e. The number of anilines is 2. The maximum absolute atomic E-state index is 13.7. The molecule has 6 N–H and O–H groups in total. The molecule has 1 saturated heterocycles. The Kier molecular flexibility index (Phi) is 9.82. The Morgan fingerprint density at radius 3 is 2.44 bits per heavy atom. The van der Waals surface area contributed by atoms with Crippen LogP contribution in [-0.2, 0) is 6.42 Å². The minimum absolute atomic E-state index is 0.0508. The quantitative estimate of drug-likeness (QED) is 0.211. The molecule has 0 bridgehead atoms. The van der Waals surface area contributed by atoms with E-state index in [0.717, 1.165) is 36.9 Å². The van der Waals surface area contributed by atoms with Crippen LogP contribution in [0.25, 0.3) is 0 Å². The van der Waals surface area contributed by atoms with E-state index < -0.39 is 22.9 Å². The first-order valence-electron chi connectivity index (χ1n) is 14.3. The van der Waals surface area contributed by atoms with Crippen molar-refractivity contribution in [3.05, 3.63) is 59.7 Å². The molecule has 0 spiro atoms. The van der Waals surface area contributed by atoms with Crippen LogP contribution in [0.1, 0.15) is 68.8 Å². The van der Waals surface area contributed by atoms with E-state index in [2.05, 4.69) is 29.8 Å². The van der Waals surface area contributed by atoms with Crippen LogP contribution in [0.5, 0.6) is 0 Å². The molecule has 39 heavy (non-hydrogen) atoms. The van der Waals surface area contributed by atoms with Crippen LogP contribution < -0.4 is 20.3 Å². The van der Waals surface area contributed by atoms with Crippen LogP contribution in [0.2, 0.25) is 0 Å². The molecule has 8 nitrogen and oxygen atoms in total. The highest BCUT2D eigenvalue weighted by molar-refractivity contribution is 8.25. The van der Waals surface area contributed by atoms with Crippen molar-refractivity contribution in [2.45, 2.75) is 77.0 Å². The Morgan fingerprint density at radius 1 is 1.08 bits per heavy atom. The highest BCUT2D eigenvalue weighted by Crippen LogP contribution is 2.50. The summed E-state index contributed by atoms with van der Waals surface area (Å²) in [4.78, 5) is 13.7. The van der Waals surface area contributed by atoms with Gasteiger partial charge in [0, 0.05) is 36.4 Å². The summed E-state index contributed by atoms with van der Waals surface area (Å²) in [5, 5.41) is 21.3. The second kappa shape index (κ2) is 12.9. The number of nitrogens with zero attached hydrogens (tertiary/aromatic N) is 1. The summed E-state index contributed by atoms with van der Waals surface area (Å²) in [6.45, 7) is 8.00. The summed E-state index contributed by atoms with van der Waals surface area (Å²) >= 11 is 0. The Labute approximate surface area is 235 Å². The zero-order chi connectivity index (χ0) is 28.0. The molecule has 1 aliphatic heterocycles. The van der Waals surface area contributed by atoms with E-state index in [0.29, 0.717) is 49.0 Å². The fraction of sp³-hybridized carbons (Fsp3) is 0.567. The first-order valence-corrected chi connectivity index (χ1v) is 16.0. The summed E-state index contributed by atoms with van der Waals surface area (Å²) in [5.41, 5.74) is 2.86. The minimum atomic E-state index is -2.93. The topological polar surface area (TPSA) is 117 Å². The molecule has 1 amide bonds. The summed E-state index contributed by atoms with van der Waals surface area (Å²) in [7, 11) is -2.93. The molecular weight excluding hydrogens is 512 g/mol. The molecule has 2 aromatic carbocycles. The molecule has 2 aromatic rings. The molecule has 2 atom stereocenters. The van der Waals surface area contributed by atoms with E-state index in [1.54, 1.807) is 16.4 Å². The van der Waals surface area contributed by atoms with Crippen molar-refractivity contribution in [2.24, 2.45) is 5.92 Å². The third-order valence-electron chi connectivity index (χ3n) is 8.32. The van der Waals surface area contributed by atoms with Gasteiger partial charge in [-0.1, -0.05) is 44.2 Å². The van der Waals surface area contributed by atoms with Gasteiger partial charge in [0.2, 0.25) is 0 Å². The molecule has 0 radical (unpaired) electrons. The van der Waals surface area contributed by atoms with Crippen LogP contribution >= 0.6 is 10.8 Å². The SMILES string of the molecule is CCNc1cc(C(=O)N[C@@H](Cc2ccccc2)[C@H](O)CNC2(C(C)C)CCC2)cc(N2CCCCS2(O)O)c1.